The van der Waals surface area contributed by atoms with Gasteiger partial charge in [-0.2, -0.15) is 0 Å². The molecule has 5 aromatic rings. The van der Waals surface area contributed by atoms with Gasteiger partial charge in [0.1, 0.15) is 11.6 Å². The van der Waals surface area contributed by atoms with Gasteiger partial charge < -0.3 is 24.2 Å². The van der Waals surface area contributed by atoms with Crippen LogP contribution in [0.1, 0.15) is 43.1 Å². The number of hydrogen-bond donors (Lipinski definition) is 1. The van der Waals surface area contributed by atoms with E-state index in [2.05, 4.69) is 28.0 Å². The Labute approximate surface area is 339 Å². The van der Waals surface area contributed by atoms with Crippen LogP contribution in [0.2, 0.25) is 5.02 Å². The molecule has 5 heterocycles. The fraction of sp³-hybridized carbons (Fsp3) is 0.310. The van der Waals surface area contributed by atoms with Gasteiger partial charge in [0.2, 0.25) is 0 Å². The molecular formula is C42H45Cl3N6O4. The van der Waals surface area contributed by atoms with Gasteiger partial charge >= 0.3 is 0 Å². The molecule has 13 heteroatoms. The average molecular weight is 804 g/mol. The monoisotopic (exact) mass is 802 g/mol. The molecule has 2 amide bonds. The number of amides is 2. The van der Waals surface area contributed by atoms with Crippen molar-refractivity contribution in [2.24, 2.45) is 7.05 Å². The Morgan fingerprint density at radius 1 is 0.891 bits per heavy atom. The summed E-state index contributed by atoms with van der Waals surface area (Å²) in [6, 6.07) is 24.2. The maximum atomic E-state index is 14.9. The van der Waals surface area contributed by atoms with E-state index in [9.17, 15) is 14.7 Å². The van der Waals surface area contributed by atoms with Gasteiger partial charge in [0.25, 0.3) is 11.8 Å². The SMILES string of the molecule is Cc1c(C(=O)N(c2ccc(O)cc2)c2cnc3c(c2)CCN3C)cc(-c2cc(Cl)ccc2C(=O)N2Cc3ccccc3C[C@H]2CN2CCOCC2)n1C.Cl.Cl. The fourth-order valence-corrected chi connectivity index (χ4v) is 8.13. The Balaban J connectivity index is 0.00000257. The minimum atomic E-state index is -0.253. The van der Waals surface area contributed by atoms with Crippen LogP contribution >= 0.6 is 36.4 Å². The lowest BCUT2D eigenvalue weighted by molar-refractivity contribution is 0.0193. The normalized spacial score (nSPS) is 16.5. The number of benzene rings is 3. The van der Waals surface area contributed by atoms with Crippen LogP contribution in [0.25, 0.3) is 11.3 Å². The first-order chi connectivity index (χ1) is 25.7. The maximum absolute atomic E-state index is 14.9. The van der Waals surface area contributed by atoms with Crippen molar-refractivity contribution in [1.82, 2.24) is 19.4 Å². The fourth-order valence-electron chi connectivity index (χ4n) is 7.95. The molecule has 1 N–H and O–H groups in total. The van der Waals surface area contributed by atoms with Crippen molar-refractivity contribution in [3.8, 4) is 17.0 Å². The molecule has 1 atom stereocenters. The zero-order chi connectivity index (χ0) is 36.8. The van der Waals surface area contributed by atoms with Crippen LogP contribution < -0.4 is 9.80 Å². The molecule has 1 saturated heterocycles. The van der Waals surface area contributed by atoms with E-state index in [0.29, 0.717) is 58.5 Å². The van der Waals surface area contributed by atoms with Crippen LogP contribution in [-0.2, 0) is 31.2 Å². The Bertz CT molecular complexity index is 2200. The van der Waals surface area contributed by atoms with Gasteiger partial charge in [-0.15, -0.1) is 24.8 Å². The molecular weight excluding hydrogens is 759 g/mol. The molecule has 0 spiro atoms. The summed E-state index contributed by atoms with van der Waals surface area (Å²) >= 11 is 6.66. The summed E-state index contributed by atoms with van der Waals surface area (Å²) in [6.07, 6.45) is 3.33. The Kier molecular flexibility index (Phi) is 12.1. The number of halogens is 3. The Morgan fingerprint density at radius 3 is 2.36 bits per heavy atom. The number of ether oxygens (including phenoxy) is 1. The van der Waals surface area contributed by atoms with Gasteiger partial charge in [0.15, 0.2) is 0 Å². The number of aromatic hydroxyl groups is 1. The number of anilines is 3. The highest BCUT2D eigenvalue weighted by Crippen LogP contribution is 2.37. The summed E-state index contributed by atoms with van der Waals surface area (Å²) in [5.41, 5.74) is 7.84. The number of rotatable bonds is 7. The predicted molar refractivity (Wildman–Crippen MR) is 222 cm³/mol. The zero-order valence-electron chi connectivity index (χ0n) is 31.1. The van der Waals surface area contributed by atoms with Gasteiger partial charge in [-0.3, -0.25) is 19.4 Å². The first-order valence-electron chi connectivity index (χ1n) is 18.1. The number of hydrogen-bond acceptors (Lipinski definition) is 7. The van der Waals surface area contributed by atoms with E-state index >= 15 is 0 Å². The largest absolute Gasteiger partial charge is 0.508 e. The third kappa shape index (κ3) is 7.79. The smallest absolute Gasteiger partial charge is 0.264 e. The minimum Gasteiger partial charge on any atom is -0.508 e. The first kappa shape index (κ1) is 40.1. The van der Waals surface area contributed by atoms with Crippen molar-refractivity contribution in [2.75, 3.05) is 56.2 Å². The van der Waals surface area contributed by atoms with Gasteiger partial charge in [0, 0.05) is 86.1 Å². The van der Waals surface area contributed by atoms with Crippen molar-refractivity contribution in [1.29, 1.82) is 0 Å². The molecule has 0 saturated carbocycles. The second-order valence-electron chi connectivity index (χ2n) is 14.3. The van der Waals surface area contributed by atoms with E-state index in [1.807, 2.05) is 60.8 Å². The summed E-state index contributed by atoms with van der Waals surface area (Å²) < 4.78 is 7.57. The van der Waals surface area contributed by atoms with E-state index in [1.54, 1.807) is 41.4 Å². The molecule has 1 fully saturated rings. The molecule has 3 aliphatic heterocycles. The van der Waals surface area contributed by atoms with E-state index in [0.717, 1.165) is 61.7 Å². The predicted octanol–water partition coefficient (Wildman–Crippen LogP) is 7.47. The van der Waals surface area contributed by atoms with Crippen LogP contribution in [-0.4, -0.2) is 88.8 Å². The lowest BCUT2D eigenvalue weighted by Gasteiger charge is -2.40. The highest BCUT2D eigenvalue weighted by Gasteiger charge is 2.34. The van der Waals surface area contributed by atoms with Gasteiger partial charge in [-0.25, -0.2) is 4.98 Å². The van der Waals surface area contributed by atoms with Crippen molar-refractivity contribution in [2.45, 2.75) is 32.4 Å². The topological polar surface area (TPSA) is 94.4 Å². The van der Waals surface area contributed by atoms with Crippen molar-refractivity contribution in [3.05, 3.63) is 124 Å². The van der Waals surface area contributed by atoms with Crippen LogP contribution in [0.5, 0.6) is 5.75 Å². The molecule has 55 heavy (non-hydrogen) atoms. The number of carbonyl (C=O) groups excluding carboxylic acids is 2. The number of carbonyl (C=O) groups is 2. The quantitative estimate of drug-likeness (QED) is 0.183. The zero-order valence-corrected chi connectivity index (χ0v) is 33.5. The van der Waals surface area contributed by atoms with Gasteiger partial charge in [0.05, 0.1) is 30.7 Å². The maximum Gasteiger partial charge on any atom is 0.264 e. The molecule has 3 aliphatic rings. The summed E-state index contributed by atoms with van der Waals surface area (Å²) in [6.45, 7) is 7.10. The van der Waals surface area contributed by atoms with Crippen LogP contribution in [0.3, 0.4) is 0 Å². The second kappa shape index (κ2) is 16.6. The highest BCUT2D eigenvalue weighted by atomic mass is 35.5. The van der Waals surface area contributed by atoms with E-state index in [4.69, 9.17) is 21.3 Å². The highest BCUT2D eigenvalue weighted by molar-refractivity contribution is 6.31. The van der Waals surface area contributed by atoms with Crippen LogP contribution in [0, 0.1) is 6.92 Å². The number of pyridine rings is 1. The number of likely N-dealkylation sites (N-methyl/N-ethyl adjacent to an activating group) is 1. The molecule has 0 unspecified atom stereocenters. The number of morpholine rings is 1. The summed E-state index contributed by atoms with van der Waals surface area (Å²) in [4.78, 5) is 42.5. The summed E-state index contributed by atoms with van der Waals surface area (Å²) in [5.74, 6) is 0.690. The lowest BCUT2D eigenvalue weighted by atomic mass is 9.92. The van der Waals surface area contributed by atoms with Gasteiger partial charge in [-0.05, 0) is 91.1 Å². The molecule has 8 rings (SSSR count). The molecule has 0 radical (unpaired) electrons. The van der Waals surface area contributed by atoms with Crippen molar-refractivity contribution in [3.63, 3.8) is 0 Å². The molecule has 288 valence electrons. The van der Waals surface area contributed by atoms with Crippen molar-refractivity contribution < 1.29 is 19.4 Å². The molecule has 0 bridgehead atoms. The number of fused-ring (bicyclic) bond motifs is 2. The first-order valence-corrected chi connectivity index (χ1v) is 18.5. The average Bonchev–Trinajstić information content (AvgIpc) is 3.69. The Hall–Kier alpha value is -4.58. The van der Waals surface area contributed by atoms with Crippen molar-refractivity contribution >= 4 is 65.4 Å². The Morgan fingerprint density at radius 2 is 1.62 bits per heavy atom. The molecule has 2 aromatic heterocycles. The summed E-state index contributed by atoms with van der Waals surface area (Å²) in [7, 11) is 3.92. The second-order valence-corrected chi connectivity index (χ2v) is 14.7. The molecule has 10 nitrogen and oxygen atoms in total. The van der Waals surface area contributed by atoms with Gasteiger partial charge in [-0.1, -0.05) is 35.9 Å². The number of phenolic OH excluding ortho intramolecular Hbond substituents is 1. The minimum absolute atomic E-state index is 0. The number of aromatic nitrogens is 2. The lowest BCUT2D eigenvalue weighted by Crippen LogP contribution is -2.52. The van der Waals surface area contributed by atoms with Crippen LogP contribution in [0.4, 0.5) is 17.2 Å². The third-order valence-corrected chi connectivity index (χ3v) is 11.3. The van der Waals surface area contributed by atoms with E-state index in [-0.39, 0.29) is 48.4 Å². The molecule has 3 aromatic carbocycles. The third-order valence-electron chi connectivity index (χ3n) is 11.0. The van der Waals surface area contributed by atoms with Crippen LogP contribution in [0.15, 0.2) is 85.1 Å². The summed E-state index contributed by atoms with van der Waals surface area (Å²) in [5, 5.41) is 10.6. The number of nitrogens with zero attached hydrogens (tertiary/aromatic N) is 6. The number of phenols is 1. The molecule has 0 aliphatic carbocycles. The van der Waals surface area contributed by atoms with E-state index < -0.39 is 0 Å². The van der Waals surface area contributed by atoms with E-state index in [1.165, 1.54) is 5.56 Å². The standard InChI is InChI=1S/C42H43ClN6O4.2ClH/c1-27-37(42(52)49(32-9-11-35(50)12-10-32)33-21-29-14-15-45(2)40(29)44-24-33)23-39(46(27)3)38-22-31(43)8-13-36(38)41(51)48-25-30-7-5-4-6-28(30)20-34(48)26-47-16-18-53-19-17-47;;/h4-13,21-24,34,50H,14-20,25-26H2,1-3H3;2*1H/t34-;;/m0../s1.